The van der Waals surface area contributed by atoms with E-state index in [4.69, 9.17) is 0 Å². The Kier molecular flexibility index (Phi) is 4.75. The van der Waals surface area contributed by atoms with Gasteiger partial charge in [0.05, 0.1) is 0 Å². The van der Waals surface area contributed by atoms with Gasteiger partial charge in [-0.05, 0) is 45.3 Å². The summed E-state index contributed by atoms with van der Waals surface area (Å²) in [5.41, 5.74) is 0. The predicted molar refractivity (Wildman–Crippen MR) is 58.5 cm³/mol. The van der Waals surface area contributed by atoms with Gasteiger partial charge in [-0.25, -0.2) is 0 Å². The lowest BCUT2D eigenvalue weighted by molar-refractivity contribution is -0.137. The van der Waals surface area contributed by atoms with E-state index in [0.717, 1.165) is 19.5 Å². The predicted octanol–water partition coefficient (Wildman–Crippen LogP) is 0.376. The maximum absolute atomic E-state index is 11.0. The average molecular weight is 212 g/mol. The topological polar surface area (TPSA) is 40.6 Å². The van der Waals surface area contributed by atoms with Crippen molar-refractivity contribution in [2.75, 3.05) is 33.7 Å². The molecule has 15 heavy (non-hydrogen) atoms. The molecule has 0 bridgehead atoms. The van der Waals surface area contributed by atoms with Gasteiger partial charge in [0.15, 0.2) is 0 Å². The first-order valence-corrected chi connectivity index (χ1v) is 5.52. The van der Waals surface area contributed by atoms with E-state index >= 15 is 0 Å². The Labute approximate surface area is 91.2 Å². The van der Waals surface area contributed by atoms with Crippen LogP contribution in [-0.2, 0) is 9.59 Å². The molecule has 1 rings (SSSR count). The number of aldehydes is 1. The van der Waals surface area contributed by atoms with Crippen molar-refractivity contribution in [2.45, 2.75) is 19.3 Å². The maximum Gasteiger partial charge on any atom is 0.286 e. The van der Waals surface area contributed by atoms with E-state index in [1.54, 1.807) is 7.05 Å². The zero-order valence-electron chi connectivity index (χ0n) is 9.61. The van der Waals surface area contributed by atoms with Crippen molar-refractivity contribution < 1.29 is 9.59 Å². The van der Waals surface area contributed by atoms with E-state index in [-0.39, 0.29) is 0 Å². The lowest BCUT2D eigenvalue weighted by Gasteiger charge is -2.29. The molecule has 0 aromatic carbocycles. The highest BCUT2D eigenvalue weighted by atomic mass is 16.2. The SMILES string of the molecule is CN1CCC(CCN(C)C(=O)C=O)CC1. The summed E-state index contributed by atoms with van der Waals surface area (Å²) in [6.07, 6.45) is 3.82. The number of piperidine rings is 1. The van der Waals surface area contributed by atoms with Gasteiger partial charge in [-0.2, -0.15) is 0 Å². The van der Waals surface area contributed by atoms with Gasteiger partial charge in [0.2, 0.25) is 6.29 Å². The minimum Gasteiger partial charge on any atom is -0.339 e. The van der Waals surface area contributed by atoms with Crippen molar-refractivity contribution in [3.8, 4) is 0 Å². The molecule has 4 heteroatoms. The first kappa shape index (κ1) is 12.2. The second-order valence-electron chi connectivity index (χ2n) is 4.41. The van der Waals surface area contributed by atoms with Crippen LogP contribution in [0.4, 0.5) is 0 Å². The Morgan fingerprint density at radius 2 is 2.07 bits per heavy atom. The number of hydrogen-bond acceptors (Lipinski definition) is 3. The second kappa shape index (κ2) is 5.85. The van der Waals surface area contributed by atoms with Crippen LogP contribution in [0.2, 0.25) is 0 Å². The van der Waals surface area contributed by atoms with E-state index in [2.05, 4.69) is 11.9 Å². The van der Waals surface area contributed by atoms with Crippen molar-refractivity contribution in [3.05, 3.63) is 0 Å². The van der Waals surface area contributed by atoms with E-state index in [0.29, 0.717) is 18.7 Å². The molecular weight excluding hydrogens is 192 g/mol. The normalized spacial score (nSPS) is 18.8. The third kappa shape index (κ3) is 4.00. The number of carbonyl (C=O) groups excluding carboxylic acids is 2. The Balaban J connectivity index is 2.19. The molecule has 1 aliphatic rings. The van der Waals surface area contributed by atoms with E-state index in [9.17, 15) is 9.59 Å². The molecule has 0 aromatic heterocycles. The number of hydrogen-bond donors (Lipinski definition) is 0. The van der Waals surface area contributed by atoms with Gasteiger partial charge in [-0.1, -0.05) is 0 Å². The molecule has 0 radical (unpaired) electrons. The summed E-state index contributed by atoms with van der Waals surface area (Å²) in [5.74, 6) is 0.297. The summed E-state index contributed by atoms with van der Waals surface area (Å²) >= 11 is 0. The molecule has 0 unspecified atom stereocenters. The van der Waals surface area contributed by atoms with Crippen LogP contribution in [-0.4, -0.2) is 55.7 Å². The summed E-state index contributed by atoms with van der Waals surface area (Å²) in [4.78, 5) is 25.1. The van der Waals surface area contributed by atoms with Crippen LogP contribution in [0.3, 0.4) is 0 Å². The van der Waals surface area contributed by atoms with Crippen LogP contribution in [0.5, 0.6) is 0 Å². The lowest BCUT2D eigenvalue weighted by atomic mass is 9.94. The standard InChI is InChI=1S/C11H20N2O2/c1-12-6-3-10(4-7-12)5-8-13(2)11(15)9-14/h9-10H,3-8H2,1-2H3. The molecule has 0 spiro atoms. The highest BCUT2D eigenvalue weighted by Gasteiger charge is 2.17. The van der Waals surface area contributed by atoms with Gasteiger partial charge >= 0.3 is 0 Å². The van der Waals surface area contributed by atoms with Crippen molar-refractivity contribution in [1.29, 1.82) is 0 Å². The van der Waals surface area contributed by atoms with E-state index in [1.165, 1.54) is 17.7 Å². The average Bonchev–Trinajstić information content (AvgIpc) is 2.26. The van der Waals surface area contributed by atoms with Crippen molar-refractivity contribution >= 4 is 12.2 Å². The monoisotopic (exact) mass is 212 g/mol. The summed E-state index contributed by atoms with van der Waals surface area (Å²) in [7, 11) is 3.82. The van der Waals surface area contributed by atoms with Crippen LogP contribution in [0, 0.1) is 5.92 Å². The fourth-order valence-corrected chi connectivity index (χ4v) is 1.93. The summed E-state index contributed by atoms with van der Waals surface area (Å²) in [5, 5.41) is 0. The second-order valence-corrected chi connectivity index (χ2v) is 4.41. The van der Waals surface area contributed by atoms with Crippen LogP contribution < -0.4 is 0 Å². The summed E-state index contributed by atoms with van der Waals surface area (Å²) in [6.45, 7) is 3.00. The van der Waals surface area contributed by atoms with Crippen LogP contribution in [0.15, 0.2) is 0 Å². The smallest absolute Gasteiger partial charge is 0.286 e. The number of amides is 1. The third-order valence-electron chi connectivity index (χ3n) is 3.19. The minimum absolute atomic E-state index is 0.384. The first-order valence-electron chi connectivity index (χ1n) is 5.52. The molecule has 0 N–H and O–H groups in total. The molecule has 0 aliphatic carbocycles. The molecule has 4 nitrogen and oxygen atoms in total. The number of rotatable bonds is 4. The van der Waals surface area contributed by atoms with Gasteiger partial charge in [0.1, 0.15) is 0 Å². The van der Waals surface area contributed by atoms with Crippen LogP contribution >= 0.6 is 0 Å². The molecular formula is C11H20N2O2. The molecule has 0 atom stereocenters. The maximum atomic E-state index is 11.0. The summed E-state index contributed by atoms with van der Waals surface area (Å²) < 4.78 is 0. The fraction of sp³-hybridized carbons (Fsp3) is 0.818. The van der Waals surface area contributed by atoms with E-state index in [1.807, 2.05) is 0 Å². The minimum atomic E-state index is -0.414. The molecule has 1 heterocycles. The van der Waals surface area contributed by atoms with Crippen molar-refractivity contribution in [3.63, 3.8) is 0 Å². The van der Waals surface area contributed by atoms with Gasteiger partial charge in [-0.15, -0.1) is 0 Å². The number of carbonyl (C=O) groups is 2. The molecule has 1 aliphatic heterocycles. The zero-order chi connectivity index (χ0) is 11.3. The van der Waals surface area contributed by atoms with Crippen molar-refractivity contribution in [2.24, 2.45) is 5.92 Å². The highest BCUT2D eigenvalue weighted by molar-refractivity contribution is 6.23. The number of likely N-dealkylation sites (tertiary alicyclic amines) is 1. The summed E-state index contributed by atoms with van der Waals surface area (Å²) in [6, 6.07) is 0. The molecule has 86 valence electrons. The van der Waals surface area contributed by atoms with E-state index < -0.39 is 5.91 Å². The molecule has 0 saturated carbocycles. The molecule has 0 aromatic rings. The first-order chi connectivity index (χ1) is 7.13. The quantitative estimate of drug-likeness (QED) is 0.499. The fourth-order valence-electron chi connectivity index (χ4n) is 1.93. The largest absolute Gasteiger partial charge is 0.339 e. The number of likely N-dealkylation sites (N-methyl/N-ethyl adjacent to an activating group) is 1. The van der Waals surface area contributed by atoms with Gasteiger partial charge in [0, 0.05) is 13.6 Å². The Bertz CT molecular complexity index is 223. The van der Waals surface area contributed by atoms with Crippen molar-refractivity contribution in [1.82, 2.24) is 9.80 Å². The highest BCUT2D eigenvalue weighted by Crippen LogP contribution is 2.19. The van der Waals surface area contributed by atoms with Gasteiger partial charge in [-0.3, -0.25) is 9.59 Å². The number of nitrogens with zero attached hydrogens (tertiary/aromatic N) is 2. The molecule has 1 amide bonds. The third-order valence-corrected chi connectivity index (χ3v) is 3.19. The Morgan fingerprint density at radius 1 is 1.47 bits per heavy atom. The Hall–Kier alpha value is -0.900. The molecule has 1 saturated heterocycles. The van der Waals surface area contributed by atoms with Crippen LogP contribution in [0.1, 0.15) is 19.3 Å². The Morgan fingerprint density at radius 3 is 2.60 bits per heavy atom. The lowest BCUT2D eigenvalue weighted by Crippen LogP contribution is -2.33. The van der Waals surface area contributed by atoms with Gasteiger partial charge < -0.3 is 9.80 Å². The van der Waals surface area contributed by atoms with Crippen LogP contribution in [0.25, 0.3) is 0 Å². The van der Waals surface area contributed by atoms with Gasteiger partial charge in [0.25, 0.3) is 5.91 Å². The zero-order valence-corrected chi connectivity index (χ0v) is 9.61. The molecule has 1 fully saturated rings.